The number of hydrogen-bond acceptors (Lipinski definition) is 8. The van der Waals surface area contributed by atoms with Crippen LogP contribution in [0.3, 0.4) is 0 Å². The topological polar surface area (TPSA) is 125 Å². The van der Waals surface area contributed by atoms with Gasteiger partial charge in [0.15, 0.2) is 18.4 Å². The summed E-state index contributed by atoms with van der Waals surface area (Å²) in [6, 6.07) is 14.2. The zero-order chi connectivity index (χ0) is 28.8. The maximum atomic E-state index is 13.1. The molecule has 0 atom stereocenters. The number of carbonyl (C=O) groups is 4. The van der Waals surface area contributed by atoms with Crippen LogP contribution in [-0.2, 0) is 6.42 Å². The highest BCUT2D eigenvalue weighted by atomic mass is 16.5. The lowest BCUT2D eigenvalue weighted by Gasteiger charge is -2.16. The normalized spacial score (nSPS) is 10.5. The number of aldehydes is 2. The second kappa shape index (κ2) is 12.1. The van der Waals surface area contributed by atoms with E-state index in [0.717, 1.165) is 27.8 Å². The van der Waals surface area contributed by atoms with Gasteiger partial charge in [-0.3, -0.25) is 29.1 Å². The molecular formula is C31H27N3O6. The van der Waals surface area contributed by atoms with Crippen LogP contribution in [-0.4, -0.2) is 48.5 Å². The van der Waals surface area contributed by atoms with Gasteiger partial charge in [-0.15, -0.1) is 0 Å². The Morgan fingerprint density at radius 3 is 1.95 bits per heavy atom. The number of hydrogen-bond donors (Lipinski definition) is 1. The van der Waals surface area contributed by atoms with Crippen molar-refractivity contribution in [3.05, 3.63) is 100 Å². The number of amides is 1. The third-order valence-electron chi connectivity index (χ3n) is 6.67. The first-order valence-corrected chi connectivity index (χ1v) is 12.3. The van der Waals surface area contributed by atoms with Crippen LogP contribution >= 0.6 is 0 Å². The number of benzene rings is 2. The number of Topliss-reactive ketones (excluding diaryl/α,β-unsaturated/α-hetero) is 1. The lowest BCUT2D eigenvalue weighted by Crippen LogP contribution is -2.15. The minimum Gasteiger partial charge on any atom is -0.496 e. The zero-order valence-electron chi connectivity index (χ0n) is 22.5. The van der Waals surface area contributed by atoms with Crippen molar-refractivity contribution in [2.24, 2.45) is 0 Å². The fourth-order valence-electron chi connectivity index (χ4n) is 4.38. The summed E-state index contributed by atoms with van der Waals surface area (Å²) in [6.07, 6.45) is 3.97. The average molecular weight is 538 g/mol. The van der Waals surface area contributed by atoms with Crippen LogP contribution in [0.25, 0.3) is 11.1 Å². The van der Waals surface area contributed by atoms with E-state index in [-0.39, 0.29) is 40.5 Å². The van der Waals surface area contributed by atoms with E-state index >= 15 is 0 Å². The van der Waals surface area contributed by atoms with E-state index in [1.165, 1.54) is 38.7 Å². The predicted octanol–water partition coefficient (Wildman–Crippen LogP) is 5.08. The minimum absolute atomic E-state index is 0.107. The van der Waals surface area contributed by atoms with Gasteiger partial charge in [0.2, 0.25) is 0 Å². The van der Waals surface area contributed by atoms with Crippen molar-refractivity contribution >= 4 is 30.0 Å². The lowest BCUT2D eigenvalue weighted by molar-refractivity contribution is 0.0984. The Morgan fingerprint density at radius 2 is 1.35 bits per heavy atom. The van der Waals surface area contributed by atoms with Crippen LogP contribution in [0.5, 0.6) is 11.5 Å². The molecule has 1 amide bonds. The lowest BCUT2D eigenvalue weighted by atomic mass is 9.91. The van der Waals surface area contributed by atoms with Crippen molar-refractivity contribution in [3.8, 4) is 22.6 Å². The summed E-state index contributed by atoms with van der Waals surface area (Å²) in [5.41, 5.74) is 5.79. The summed E-state index contributed by atoms with van der Waals surface area (Å²) >= 11 is 0. The van der Waals surface area contributed by atoms with Crippen LogP contribution in [0, 0.1) is 13.8 Å². The number of carbonyl (C=O) groups excluding carboxylic acids is 4. The molecular weight excluding hydrogens is 510 g/mol. The Bertz CT molecular complexity index is 1510. The van der Waals surface area contributed by atoms with E-state index in [1.807, 2.05) is 44.2 Å². The van der Waals surface area contributed by atoms with Gasteiger partial charge in [0.05, 0.1) is 25.3 Å². The molecule has 0 saturated heterocycles. The molecule has 0 aliphatic rings. The number of aromatic nitrogens is 2. The summed E-state index contributed by atoms with van der Waals surface area (Å²) in [4.78, 5) is 56.5. The Kier molecular flexibility index (Phi) is 8.44. The SMILES string of the molecule is COc1cc(C(=O)Cc2cccc(-c3cccc(NC(=O)c4cc(OC)c(C=O)cn4)c3C)c2C)ncc1C=O. The van der Waals surface area contributed by atoms with Crippen LogP contribution in [0.2, 0.25) is 0 Å². The number of methoxy groups -OCH3 is 2. The molecule has 9 heteroatoms. The van der Waals surface area contributed by atoms with Gasteiger partial charge >= 0.3 is 0 Å². The van der Waals surface area contributed by atoms with Crippen molar-refractivity contribution in [1.29, 1.82) is 0 Å². The molecule has 40 heavy (non-hydrogen) atoms. The largest absolute Gasteiger partial charge is 0.496 e. The molecule has 9 nitrogen and oxygen atoms in total. The first-order chi connectivity index (χ1) is 19.3. The molecule has 0 spiro atoms. The number of rotatable bonds is 10. The van der Waals surface area contributed by atoms with Crippen molar-refractivity contribution in [2.45, 2.75) is 20.3 Å². The summed E-state index contributed by atoms with van der Waals surface area (Å²) < 4.78 is 10.4. The zero-order valence-corrected chi connectivity index (χ0v) is 22.5. The predicted molar refractivity (Wildman–Crippen MR) is 150 cm³/mol. The average Bonchev–Trinajstić information content (AvgIpc) is 2.98. The van der Waals surface area contributed by atoms with Gasteiger partial charge in [-0.05, 0) is 47.7 Å². The van der Waals surface area contributed by atoms with Gasteiger partial charge < -0.3 is 14.8 Å². The fourth-order valence-corrected chi connectivity index (χ4v) is 4.38. The molecule has 0 unspecified atom stereocenters. The van der Waals surface area contributed by atoms with Gasteiger partial charge in [-0.1, -0.05) is 30.3 Å². The maximum absolute atomic E-state index is 13.1. The van der Waals surface area contributed by atoms with E-state index in [9.17, 15) is 19.2 Å². The summed E-state index contributed by atoms with van der Waals surface area (Å²) in [5.74, 6) is -0.106. The maximum Gasteiger partial charge on any atom is 0.274 e. The highest BCUT2D eigenvalue weighted by Gasteiger charge is 2.18. The van der Waals surface area contributed by atoms with Crippen LogP contribution < -0.4 is 14.8 Å². The molecule has 1 N–H and O–H groups in total. The molecule has 0 bridgehead atoms. The molecule has 202 valence electrons. The summed E-state index contributed by atoms with van der Waals surface area (Å²) in [6.45, 7) is 3.84. The molecule has 0 aliphatic heterocycles. The van der Waals surface area contributed by atoms with Gasteiger partial charge in [0.25, 0.3) is 5.91 Å². The minimum atomic E-state index is -0.449. The van der Waals surface area contributed by atoms with E-state index in [4.69, 9.17) is 9.47 Å². The second-order valence-electron chi connectivity index (χ2n) is 8.98. The Morgan fingerprint density at radius 1 is 0.800 bits per heavy atom. The molecule has 0 saturated carbocycles. The number of ether oxygens (including phenoxy) is 2. The van der Waals surface area contributed by atoms with Crippen molar-refractivity contribution in [3.63, 3.8) is 0 Å². The van der Waals surface area contributed by atoms with Gasteiger partial charge in [0.1, 0.15) is 22.9 Å². The van der Waals surface area contributed by atoms with E-state index in [2.05, 4.69) is 15.3 Å². The molecule has 4 aromatic rings. The quantitative estimate of drug-likeness (QED) is 0.219. The Labute approximate surface area is 231 Å². The molecule has 4 rings (SSSR count). The third kappa shape index (κ3) is 5.63. The fraction of sp³-hybridized carbons (Fsp3) is 0.161. The smallest absolute Gasteiger partial charge is 0.274 e. The molecule has 0 radical (unpaired) electrons. The van der Waals surface area contributed by atoms with E-state index in [0.29, 0.717) is 24.0 Å². The third-order valence-corrected chi connectivity index (χ3v) is 6.67. The first-order valence-electron chi connectivity index (χ1n) is 12.3. The van der Waals surface area contributed by atoms with Crippen LogP contribution in [0.4, 0.5) is 5.69 Å². The number of ketones is 1. The Hall–Kier alpha value is -5.18. The standard InChI is InChI=1S/C31H27N3O6/c1-18-20(11-28(37)26-12-29(39-3)21(16-35)14-32-26)7-5-8-23(18)24-9-6-10-25(19(24)2)34-31(38)27-13-30(40-4)22(17-36)15-33-27/h5-10,12-17H,11H2,1-4H3,(H,34,38). The number of anilines is 1. The van der Waals surface area contributed by atoms with Crippen molar-refractivity contribution in [1.82, 2.24) is 9.97 Å². The van der Waals surface area contributed by atoms with Crippen LogP contribution in [0.15, 0.2) is 60.9 Å². The number of pyridine rings is 2. The number of nitrogens with zero attached hydrogens (tertiary/aromatic N) is 2. The van der Waals surface area contributed by atoms with Crippen molar-refractivity contribution < 1.29 is 28.7 Å². The first kappa shape index (κ1) is 27.8. The molecule has 0 aliphatic carbocycles. The Balaban J connectivity index is 1.61. The highest BCUT2D eigenvalue weighted by molar-refractivity contribution is 6.04. The monoisotopic (exact) mass is 537 g/mol. The second-order valence-corrected chi connectivity index (χ2v) is 8.98. The number of nitrogens with one attached hydrogen (secondary N) is 1. The van der Waals surface area contributed by atoms with E-state index in [1.54, 1.807) is 6.07 Å². The molecule has 2 aromatic carbocycles. The highest BCUT2D eigenvalue weighted by Crippen LogP contribution is 2.33. The molecule has 2 aromatic heterocycles. The molecule has 0 fully saturated rings. The summed E-state index contributed by atoms with van der Waals surface area (Å²) in [7, 11) is 2.85. The molecule has 2 heterocycles. The van der Waals surface area contributed by atoms with Crippen LogP contribution in [0.1, 0.15) is 58.4 Å². The van der Waals surface area contributed by atoms with Crippen molar-refractivity contribution in [2.75, 3.05) is 19.5 Å². The van der Waals surface area contributed by atoms with Gasteiger partial charge in [-0.2, -0.15) is 0 Å². The van der Waals surface area contributed by atoms with Gasteiger partial charge in [-0.25, -0.2) is 0 Å². The van der Waals surface area contributed by atoms with Gasteiger partial charge in [0, 0.05) is 36.6 Å². The summed E-state index contributed by atoms with van der Waals surface area (Å²) in [5, 5.41) is 2.89. The van der Waals surface area contributed by atoms with E-state index < -0.39 is 5.91 Å².